The Morgan fingerprint density at radius 2 is 2.19 bits per heavy atom. The molecule has 1 atom stereocenters. The Bertz CT molecular complexity index is 642. The Kier molecular flexibility index (Phi) is 4.62. The Morgan fingerprint density at radius 3 is 2.86 bits per heavy atom. The average molecular weight is 294 g/mol. The van der Waals surface area contributed by atoms with Gasteiger partial charge in [0.1, 0.15) is 18.0 Å². The van der Waals surface area contributed by atoms with Gasteiger partial charge in [0.15, 0.2) is 5.82 Å². The van der Waals surface area contributed by atoms with Crippen molar-refractivity contribution in [2.75, 3.05) is 0 Å². The highest BCUT2D eigenvalue weighted by atomic mass is 19.1. The quantitative estimate of drug-likeness (QED) is 0.921. The van der Waals surface area contributed by atoms with Crippen molar-refractivity contribution in [3.8, 4) is 0 Å². The number of benzene rings is 1. The van der Waals surface area contributed by atoms with Crippen molar-refractivity contribution in [1.82, 2.24) is 20.1 Å². The van der Waals surface area contributed by atoms with E-state index in [2.05, 4.69) is 15.5 Å². The lowest BCUT2D eigenvalue weighted by atomic mass is 10.1. The number of halogens is 2. The maximum absolute atomic E-state index is 13.6. The summed E-state index contributed by atoms with van der Waals surface area (Å²) >= 11 is 0. The molecule has 0 unspecified atom stereocenters. The molecule has 5 nitrogen and oxygen atoms in total. The molecule has 0 aliphatic carbocycles. The summed E-state index contributed by atoms with van der Waals surface area (Å²) in [6.07, 6.45) is 2.48. The lowest BCUT2D eigenvalue weighted by molar-refractivity contribution is 0.0933. The Morgan fingerprint density at radius 1 is 1.43 bits per heavy atom. The smallest absolute Gasteiger partial charge is 0.254 e. The van der Waals surface area contributed by atoms with Gasteiger partial charge >= 0.3 is 0 Å². The summed E-state index contributed by atoms with van der Waals surface area (Å²) in [5.41, 5.74) is -0.204. The summed E-state index contributed by atoms with van der Waals surface area (Å²) in [5.74, 6) is -1.65. The number of amides is 1. The van der Waals surface area contributed by atoms with E-state index >= 15 is 0 Å². The van der Waals surface area contributed by atoms with Crippen LogP contribution in [-0.2, 0) is 6.54 Å². The zero-order valence-corrected chi connectivity index (χ0v) is 11.8. The molecule has 2 rings (SSSR count). The summed E-state index contributed by atoms with van der Waals surface area (Å²) in [6, 6.07) is 2.40. The van der Waals surface area contributed by atoms with Crippen molar-refractivity contribution in [3.05, 3.63) is 47.5 Å². The van der Waals surface area contributed by atoms with Gasteiger partial charge in [0.05, 0.1) is 11.6 Å². The van der Waals surface area contributed by atoms with E-state index in [1.54, 1.807) is 13.3 Å². The molecule has 0 radical (unpaired) electrons. The van der Waals surface area contributed by atoms with Crippen LogP contribution >= 0.6 is 0 Å². The fraction of sp³-hybridized carbons (Fsp3) is 0.357. The van der Waals surface area contributed by atoms with Crippen LogP contribution in [0, 0.1) is 11.6 Å². The van der Waals surface area contributed by atoms with Gasteiger partial charge in [0, 0.05) is 12.6 Å². The third kappa shape index (κ3) is 3.42. The maximum Gasteiger partial charge on any atom is 0.254 e. The molecular weight excluding hydrogens is 278 g/mol. The van der Waals surface area contributed by atoms with E-state index in [4.69, 9.17) is 0 Å². The van der Waals surface area contributed by atoms with Crippen LogP contribution in [-0.4, -0.2) is 20.7 Å². The van der Waals surface area contributed by atoms with Crippen LogP contribution in [0.5, 0.6) is 0 Å². The first kappa shape index (κ1) is 15.1. The Hall–Kier alpha value is -2.31. The number of hydrogen-bond donors (Lipinski definition) is 1. The van der Waals surface area contributed by atoms with Crippen LogP contribution in [0.1, 0.15) is 42.5 Å². The van der Waals surface area contributed by atoms with Crippen LogP contribution < -0.4 is 5.32 Å². The zero-order valence-electron chi connectivity index (χ0n) is 11.8. The zero-order chi connectivity index (χ0) is 15.4. The van der Waals surface area contributed by atoms with Crippen molar-refractivity contribution in [1.29, 1.82) is 0 Å². The van der Waals surface area contributed by atoms with Crippen molar-refractivity contribution < 1.29 is 13.6 Å². The largest absolute Gasteiger partial charge is 0.342 e. The number of carbonyl (C=O) groups excluding carboxylic acids is 1. The first-order chi connectivity index (χ1) is 10.0. The highest BCUT2D eigenvalue weighted by Crippen LogP contribution is 2.13. The molecule has 0 spiro atoms. The fourth-order valence-corrected chi connectivity index (χ4v) is 2.02. The van der Waals surface area contributed by atoms with Crippen LogP contribution in [0.2, 0.25) is 0 Å². The molecule has 1 aromatic heterocycles. The van der Waals surface area contributed by atoms with E-state index in [-0.39, 0.29) is 5.56 Å². The van der Waals surface area contributed by atoms with E-state index in [0.29, 0.717) is 11.9 Å². The lowest BCUT2D eigenvalue weighted by Crippen LogP contribution is -2.29. The van der Waals surface area contributed by atoms with E-state index in [1.165, 1.54) is 0 Å². The van der Waals surface area contributed by atoms with E-state index in [1.807, 2.05) is 11.5 Å². The van der Waals surface area contributed by atoms with E-state index in [9.17, 15) is 13.6 Å². The van der Waals surface area contributed by atoms with E-state index in [0.717, 1.165) is 25.1 Å². The molecule has 0 bridgehead atoms. The van der Waals surface area contributed by atoms with Crippen molar-refractivity contribution in [2.24, 2.45) is 0 Å². The highest BCUT2D eigenvalue weighted by Gasteiger charge is 2.18. The second-order valence-electron chi connectivity index (χ2n) is 4.70. The number of nitrogens with zero attached hydrogens (tertiary/aromatic N) is 3. The van der Waals surface area contributed by atoms with Gasteiger partial charge < -0.3 is 9.88 Å². The Labute approximate surface area is 121 Å². The molecule has 0 saturated heterocycles. The maximum atomic E-state index is 13.6. The minimum atomic E-state index is -0.894. The number of nitrogens with one attached hydrogen (secondary N) is 1. The normalized spacial score (nSPS) is 12.2. The molecular formula is C14H16F2N4O. The number of hydrogen-bond acceptors (Lipinski definition) is 3. The SMILES string of the molecule is CCCn1cnnc1[C@H](C)NC(=O)c1ccc(F)cc1F. The summed E-state index contributed by atoms with van der Waals surface area (Å²) in [7, 11) is 0. The molecule has 0 aliphatic heterocycles. The molecule has 112 valence electrons. The predicted octanol–water partition coefficient (Wildman–Crippen LogP) is 2.46. The van der Waals surface area contributed by atoms with Gasteiger partial charge in [-0.05, 0) is 25.5 Å². The van der Waals surface area contributed by atoms with Crippen LogP contribution in [0.25, 0.3) is 0 Å². The third-order valence-electron chi connectivity index (χ3n) is 3.02. The molecule has 2 aromatic rings. The average Bonchev–Trinajstić information content (AvgIpc) is 2.87. The topological polar surface area (TPSA) is 59.8 Å². The minimum absolute atomic E-state index is 0.204. The molecule has 0 saturated carbocycles. The molecule has 1 N–H and O–H groups in total. The second kappa shape index (κ2) is 6.43. The number of carbonyl (C=O) groups is 1. The fourth-order valence-electron chi connectivity index (χ4n) is 2.02. The van der Waals surface area contributed by atoms with Crippen LogP contribution in [0.3, 0.4) is 0 Å². The van der Waals surface area contributed by atoms with Crippen molar-refractivity contribution >= 4 is 5.91 Å². The van der Waals surface area contributed by atoms with E-state index < -0.39 is 23.6 Å². The lowest BCUT2D eigenvalue weighted by Gasteiger charge is -2.14. The Balaban J connectivity index is 2.13. The number of rotatable bonds is 5. The van der Waals surface area contributed by atoms with Gasteiger partial charge in [-0.2, -0.15) is 0 Å². The monoisotopic (exact) mass is 294 g/mol. The minimum Gasteiger partial charge on any atom is -0.342 e. The van der Waals surface area contributed by atoms with Crippen molar-refractivity contribution in [2.45, 2.75) is 32.9 Å². The first-order valence-electron chi connectivity index (χ1n) is 6.66. The predicted molar refractivity (Wildman–Crippen MR) is 72.6 cm³/mol. The summed E-state index contributed by atoms with van der Waals surface area (Å²) < 4.78 is 28.2. The van der Waals surface area contributed by atoms with Gasteiger partial charge in [-0.15, -0.1) is 10.2 Å². The summed E-state index contributed by atoms with van der Waals surface area (Å²) in [5, 5.41) is 10.4. The number of aromatic nitrogens is 3. The van der Waals surface area contributed by atoms with Crippen molar-refractivity contribution in [3.63, 3.8) is 0 Å². The second-order valence-corrected chi connectivity index (χ2v) is 4.70. The van der Waals surface area contributed by atoms with Gasteiger partial charge in [0.2, 0.25) is 0 Å². The summed E-state index contributed by atoms with van der Waals surface area (Å²) in [6.45, 7) is 4.48. The van der Waals surface area contributed by atoms with Crippen LogP contribution in [0.15, 0.2) is 24.5 Å². The van der Waals surface area contributed by atoms with Gasteiger partial charge in [-0.25, -0.2) is 8.78 Å². The molecule has 7 heteroatoms. The molecule has 21 heavy (non-hydrogen) atoms. The number of aryl methyl sites for hydroxylation is 1. The standard InChI is InChI=1S/C14H16F2N4O/c1-3-6-20-8-17-19-13(20)9(2)18-14(21)11-5-4-10(15)7-12(11)16/h4-5,7-9H,3,6H2,1-2H3,(H,18,21)/t9-/m0/s1. The summed E-state index contributed by atoms with van der Waals surface area (Å²) in [4.78, 5) is 12.0. The van der Waals surface area contributed by atoms with Gasteiger partial charge in [-0.3, -0.25) is 4.79 Å². The molecule has 1 aromatic carbocycles. The molecule has 1 amide bonds. The highest BCUT2D eigenvalue weighted by molar-refractivity contribution is 5.94. The van der Waals surface area contributed by atoms with Crippen LogP contribution in [0.4, 0.5) is 8.78 Å². The molecule has 0 aliphatic rings. The molecule has 0 fully saturated rings. The van der Waals surface area contributed by atoms with Gasteiger partial charge in [0.25, 0.3) is 5.91 Å². The molecule has 1 heterocycles. The first-order valence-corrected chi connectivity index (χ1v) is 6.66. The van der Waals surface area contributed by atoms with Gasteiger partial charge in [-0.1, -0.05) is 6.92 Å². The third-order valence-corrected chi connectivity index (χ3v) is 3.02.